The van der Waals surface area contributed by atoms with Crippen LogP contribution in [0.15, 0.2) is 54.6 Å². The Kier molecular flexibility index (Phi) is 3.87. The van der Waals surface area contributed by atoms with E-state index in [-0.39, 0.29) is 11.3 Å². The van der Waals surface area contributed by atoms with E-state index >= 15 is 0 Å². The summed E-state index contributed by atoms with van der Waals surface area (Å²) in [5.74, 6) is -0.0313. The first-order valence-electron chi connectivity index (χ1n) is 7.66. The van der Waals surface area contributed by atoms with Crippen molar-refractivity contribution in [1.29, 1.82) is 0 Å². The number of fused-ring (bicyclic) bond motifs is 1. The SMILES string of the molecule is CC1(C)Cc2cc(C=O)ccc2C(=CC(=O)c2ccccc2)N1. The molecular weight excluding hydrogens is 286 g/mol. The van der Waals surface area contributed by atoms with Crippen LogP contribution in [-0.4, -0.2) is 17.6 Å². The van der Waals surface area contributed by atoms with Gasteiger partial charge in [-0.05, 0) is 31.9 Å². The maximum absolute atomic E-state index is 12.5. The lowest BCUT2D eigenvalue weighted by molar-refractivity contribution is 0.104. The maximum atomic E-state index is 12.5. The van der Waals surface area contributed by atoms with Gasteiger partial charge in [0, 0.05) is 34.0 Å². The minimum atomic E-state index is -0.169. The third-order valence-electron chi connectivity index (χ3n) is 3.99. The van der Waals surface area contributed by atoms with Crippen LogP contribution in [0.25, 0.3) is 5.70 Å². The Labute approximate surface area is 136 Å². The Morgan fingerprint density at radius 1 is 1.13 bits per heavy atom. The monoisotopic (exact) mass is 305 g/mol. The smallest absolute Gasteiger partial charge is 0.187 e. The summed E-state index contributed by atoms with van der Waals surface area (Å²) in [4.78, 5) is 23.5. The van der Waals surface area contributed by atoms with Crippen LogP contribution in [0.1, 0.15) is 45.7 Å². The first-order chi connectivity index (χ1) is 11.0. The molecule has 1 aliphatic heterocycles. The molecule has 116 valence electrons. The number of ketones is 1. The van der Waals surface area contributed by atoms with Crippen LogP contribution in [0, 0.1) is 0 Å². The maximum Gasteiger partial charge on any atom is 0.187 e. The van der Waals surface area contributed by atoms with Crippen molar-refractivity contribution in [1.82, 2.24) is 5.32 Å². The second-order valence-electron chi connectivity index (χ2n) is 6.51. The van der Waals surface area contributed by atoms with Crippen LogP contribution >= 0.6 is 0 Å². The molecule has 3 rings (SSSR count). The van der Waals surface area contributed by atoms with E-state index in [0.717, 1.165) is 29.5 Å². The molecule has 2 aromatic carbocycles. The minimum absolute atomic E-state index is 0.0313. The van der Waals surface area contributed by atoms with E-state index in [2.05, 4.69) is 19.2 Å². The summed E-state index contributed by atoms with van der Waals surface area (Å²) in [5.41, 5.74) is 4.04. The average molecular weight is 305 g/mol. The highest BCUT2D eigenvalue weighted by molar-refractivity contribution is 6.08. The van der Waals surface area contributed by atoms with E-state index in [1.54, 1.807) is 12.1 Å². The topological polar surface area (TPSA) is 46.2 Å². The molecule has 0 unspecified atom stereocenters. The zero-order valence-electron chi connectivity index (χ0n) is 13.3. The van der Waals surface area contributed by atoms with Gasteiger partial charge in [-0.15, -0.1) is 0 Å². The van der Waals surface area contributed by atoms with Gasteiger partial charge in [0.05, 0.1) is 0 Å². The lowest BCUT2D eigenvalue weighted by Gasteiger charge is -2.35. The Balaban J connectivity index is 2.04. The predicted octanol–water partition coefficient (Wildman–Crippen LogP) is 3.65. The van der Waals surface area contributed by atoms with Gasteiger partial charge in [-0.2, -0.15) is 0 Å². The number of carbonyl (C=O) groups is 2. The summed E-state index contributed by atoms with van der Waals surface area (Å²) in [7, 11) is 0. The number of benzene rings is 2. The summed E-state index contributed by atoms with van der Waals surface area (Å²) >= 11 is 0. The fourth-order valence-corrected chi connectivity index (χ4v) is 2.98. The van der Waals surface area contributed by atoms with Crippen LogP contribution in [0.3, 0.4) is 0 Å². The van der Waals surface area contributed by atoms with Crippen LogP contribution in [-0.2, 0) is 6.42 Å². The van der Waals surface area contributed by atoms with Gasteiger partial charge in [0.25, 0.3) is 0 Å². The number of hydrogen-bond donors (Lipinski definition) is 1. The lowest BCUT2D eigenvalue weighted by atomic mass is 9.84. The van der Waals surface area contributed by atoms with Crippen molar-refractivity contribution in [3.05, 3.63) is 76.9 Å². The minimum Gasteiger partial charge on any atom is -0.379 e. The van der Waals surface area contributed by atoms with Gasteiger partial charge in [-0.25, -0.2) is 0 Å². The van der Waals surface area contributed by atoms with Gasteiger partial charge in [-0.3, -0.25) is 9.59 Å². The molecule has 0 atom stereocenters. The molecule has 3 nitrogen and oxygen atoms in total. The van der Waals surface area contributed by atoms with E-state index < -0.39 is 0 Å². The normalized spacial score (nSPS) is 17.2. The largest absolute Gasteiger partial charge is 0.379 e. The van der Waals surface area contributed by atoms with Gasteiger partial charge in [0.15, 0.2) is 5.78 Å². The molecule has 1 aliphatic rings. The molecule has 0 aromatic heterocycles. The van der Waals surface area contributed by atoms with Gasteiger partial charge in [0.2, 0.25) is 0 Å². The summed E-state index contributed by atoms with van der Waals surface area (Å²) < 4.78 is 0. The van der Waals surface area contributed by atoms with Crippen LogP contribution in [0.5, 0.6) is 0 Å². The fraction of sp³-hybridized carbons (Fsp3) is 0.200. The van der Waals surface area contributed by atoms with Crippen molar-refractivity contribution in [3.63, 3.8) is 0 Å². The van der Waals surface area contributed by atoms with Crippen molar-refractivity contribution >= 4 is 17.8 Å². The van der Waals surface area contributed by atoms with Crippen molar-refractivity contribution in [2.45, 2.75) is 25.8 Å². The average Bonchev–Trinajstić information content (AvgIpc) is 2.54. The Hall–Kier alpha value is -2.68. The predicted molar refractivity (Wildman–Crippen MR) is 91.5 cm³/mol. The Morgan fingerprint density at radius 3 is 2.57 bits per heavy atom. The molecule has 1 heterocycles. The van der Waals surface area contributed by atoms with Crippen molar-refractivity contribution < 1.29 is 9.59 Å². The molecule has 0 spiro atoms. The number of carbonyl (C=O) groups excluding carboxylic acids is 2. The molecule has 0 bridgehead atoms. The second-order valence-corrected chi connectivity index (χ2v) is 6.51. The first kappa shape index (κ1) is 15.2. The first-order valence-corrected chi connectivity index (χ1v) is 7.66. The lowest BCUT2D eigenvalue weighted by Crippen LogP contribution is -2.43. The van der Waals surface area contributed by atoms with Crippen LogP contribution < -0.4 is 5.32 Å². The van der Waals surface area contributed by atoms with E-state index in [0.29, 0.717) is 11.1 Å². The molecule has 0 saturated carbocycles. The van der Waals surface area contributed by atoms with Gasteiger partial charge < -0.3 is 5.32 Å². The number of hydrogen-bond acceptors (Lipinski definition) is 3. The summed E-state index contributed by atoms with van der Waals surface area (Å²) in [6.45, 7) is 4.18. The highest BCUT2D eigenvalue weighted by Gasteiger charge is 2.28. The van der Waals surface area contributed by atoms with E-state index in [1.165, 1.54) is 0 Å². The molecule has 2 aromatic rings. The van der Waals surface area contributed by atoms with E-state index in [1.807, 2.05) is 42.5 Å². The Morgan fingerprint density at radius 2 is 1.87 bits per heavy atom. The van der Waals surface area contributed by atoms with Crippen LogP contribution in [0.2, 0.25) is 0 Å². The number of allylic oxidation sites excluding steroid dienone is 1. The van der Waals surface area contributed by atoms with Gasteiger partial charge in [0.1, 0.15) is 6.29 Å². The Bertz CT molecular complexity index is 789. The van der Waals surface area contributed by atoms with E-state index in [9.17, 15) is 9.59 Å². The molecule has 23 heavy (non-hydrogen) atoms. The molecular formula is C20H19NO2. The molecule has 1 N–H and O–H groups in total. The van der Waals surface area contributed by atoms with Crippen molar-refractivity contribution in [2.75, 3.05) is 0 Å². The number of aldehydes is 1. The number of rotatable bonds is 3. The molecule has 0 amide bonds. The standard InChI is InChI=1S/C20H19NO2/c1-20(2)12-16-10-14(13-22)8-9-17(16)18(21-20)11-19(23)15-6-4-3-5-7-15/h3-11,13,21H,12H2,1-2H3. The highest BCUT2D eigenvalue weighted by Crippen LogP contribution is 2.30. The molecule has 0 radical (unpaired) electrons. The zero-order valence-corrected chi connectivity index (χ0v) is 13.3. The van der Waals surface area contributed by atoms with Gasteiger partial charge >= 0.3 is 0 Å². The zero-order chi connectivity index (χ0) is 16.4. The summed E-state index contributed by atoms with van der Waals surface area (Å²) in [6, 6.07) is 14.8. The highest BCUT2D eigenvalue weighted by atomic mass is 16.1. The third-order valence-corrected chi connectivity index (χ3v) is 3.99. The van der Waals surface area contributed by atoms with E-state index in [4.69, 9.17) is 0 Å². The summed E-state index contributed by atoms with van der Waals surface area (Å²) in [6.07, 6.45) is 3.31. The third kappa shape index (κ3) is 3.24. The molecule has 0 aliphatic carbocycles. The summed E-state index contributed by atoms with van der Waals surface area (Å²) in [5, 5.41) is 3.44. The molecule has 3 heteroatoms. The molecule has 0 fully saturated rings. The number of nitrogens with one attached hydrogen (secondary N) is 1. The van der Waals surface area contributed by atoms with Crippen molar-refractivity contribution in [3.8, 4) is 0 Å². The quantitative estimate of drug-likeness (QED) is 0.535. The second kappa shape index (κ2) is 5.84. The fourth-order valence-electron chi connectivity index (χ4n) is 2.98. The molecule has 0 saturated heterocycles. The van der Waals surface area contributed by atoms with Crippen LogP contribution in [0.4, 0.5) is 0 Å². The van der Waals surface area contributed by atoms with Gasteiger partial charge in [-0.1, -0.05) is 42.5 Å². The van der Waals surface area contributed by atoms with Crippen molar-refractivity contribution in [2.24, 2.45) is 0 Å².